The number of thioether (sulfide) groups is 1. The number of fused-ring (bicyclic) bond motifs is 1. The Bertz CT molecular complexity index is 798. The molecule has 2 fully saturated rings. The number of nitrogens with zero attached hydrogens (tertiary/aromatic N) is 1. The average Bonchev–Trinajstić information content (AvgIpc) is 3.19. The molecule has 4 rings (SSSR count). The minimum Gasteiger partial charge on any atom is -0.493 e. The van der Waals surface area contributed by atoms with Gasteiger partial charge in [0.05, 0.1) is 29.9 Å². The van der Waals surface area contributed by atoms with Gasteiger partial charge in [-0.2, -0.15) is 11.8 Å². The molecule has 7 heteroatoms. The van der Waals surface area contributed by atoms with E-state index in [-0.39, 0.29) is 5.56 Å². The fourth-order valence-corrected chi connectivity index (χ4v) is 4.35. The van der Waals surface area contributed by atoms with Gasteiger partial charge in [-0.05, 0) is 31.4 Å². The normalized spacial score (nSPS) is 21.3. The molecule has 0 aliphatic carbocycles. The Hall–Kier alpha value is -1.57. The number of aromatic amines is 1. The Labute approximate surface area is 156 Å². The molecule has 0 spiro atoms. The molecule has 2 saturated heterocycles. The van der Waals surface area contributed by atoms with Gasteiger partial charge in [0.15, 0.2) is 0 Å². The summed E-state index contributed by atoms with van der Waals surface area (Å²) < 4.78 is 16.7. The zero-order valence-corrected chi connectivity index (χ0v) is 15.6. The number of H-pyrrole nitrogens is 1. The molecular formula is C19H24N2O4S. The van der Waals surface area contributed by atoms with E-state index >= 15 is 0 Å². The van der Waals surface area contributed by atoms with E-state index in [0.29, 0.717) is 34.4 Å². The molecule has 1 aromatic heterocycles. The van der Waals surface area contributed by atoms with Gasteiger partial charge in [-0.15, -0.1) is 0 Å². The molecule has 2 aromatic rings. The predicted molar refractivity (Wildman–Crippen MR) is 102 cm³/mol. The van der Waals surface area contributed by atoms with Crippen molar-refractivity contribution in [3.8, 4) is 5.75 Å². The van der Waals surface area contributed by atoms with Crippen LogP contribution in [0.2, 0.25) is 0 Å². The van der Waals surface area contributed by atoms with Crippen molar-refractivity contribution < 1.29 is 14.2 Å². The Morgan fingerprint density at radius 3 is 2.85 bits per heavy atom. The van der Waals surface area contributed by atoms with Gasteiger partial charge in [-0.3, -0.25) is 4.79 Å². The lowest BCUT2D eigenvalue weighted by Crippen LogP contribution is -2.18. The lowest BCUT2D eigenvalue weighted by atomic mass is 10.1. The highest BCUT2D eigenvalue weighted by molar-refractivity contribution is 7.99. The molecule has 1 aromatic carbocycles. The molecule has 0 radical (unpaired) electrons. The van der Waals surface area contributed by atoms with E-state index < -0.39 is 0 Å². The SMILES string of the molecule is O=c1[nH]c(CSC2CCOCC2)nc2cc(OCC3CCOC3)ccc12. The monoisotopic (exact) mass is 376 g/mol. The van der Waals surface area contributed by atoms with Gasteiger partial charge < -0.3 is 19.2 Å². The van der Waals surface area contributed by atoms with Gasteiger partial charge in [0.1, 0.15) is 11.6 Å². The van der Waals surface area contributed by atoms with Gasteiger partial charge in [-0.25, -0.2) is 4.98 Å². The van der Waals surface area contributed by atoms with Crippen LogP contribution >= 0.6 is 11.8 Å². The van der Waals surface area contributed by atoms with E-state index in [1.807, 2.05) is 23.9 Å². The summed E-state index contributed by atoms with van der Waals surface area (Å²) in [5.41, 5.74) is 0.602. The summed E-state index contributed by atoms with van der Waals surface area (Å²) in [5.74, 6) is 2.63. The van der Waals surface area contributed by atoms with E-state index in [1.54, 1.807) is 6.07 Å². The molecule has 6 nitrogen and oxygen atoms in total. The Kier molecular flexibility index (Phi) is 5.77. The van der Waals surface area contributed by atoms with E-state index in [4.69, 9.17) is 14.2 Å². The molecule has 2 aliphatic rings. The largest absolute Gasteiger partial charge is 0.493 e. The van der Waals surface area contributed by atoms with Crippen LogP contribution in [-0.2, 0) is 15.2 Å². The Morgan fingerprint density at radius 2 is 2.04 bits per heavy atom. The van der Waals surface area contributed by atoms with Crippen LogP contribution in [0.5, 0.6) is 5.75 Å². The summed E-state index contributed by atoms with van der Waals surface area (Å²) in [6.45, 7) is 3.87. The first-order valence-corrected chi connectivity index (χ1v) is 10.3. The highest BCUT2D eigenvalue weighted by atomic mass is 32.2. The lowest BCUT2D eigenvalue weighted by molar-refractivity contribution is 0.1000. The number of ether oxygens (including phenoxy) is 3. The topological polar surface area (TPSA) is 73.4 Å². The Morgan fingerprint density at radius 1 is 1.19 bits per heavy atom. The number of rotatable bonds is 6. The summed E-state index contributed by atoms with van der Waals surface area (Å²) in [4.78, 5) is 19.9. The zero-order chi connectivity index (χ0) is 17.8. The molecule has 26 heavy (non-hydrogen) atoms. The van der Waals surface area contributed by atoms with Gasteiger partial charge in [0.25, 0.3) is 5.56 Å². The summed E-state index contributed by atoms with van der Waals surface area (Å²) in [5, 5.41) is 1.18. The van der Waals surface area contributed by atoms with E-state index in [2.05, 4.69) is 9.97 Å². The van der Waals surface area contributed by atoms with E-state index in [1.165, 1.54) is 0 Å². The summed E-state index contributed by atoms with van der Waals surface area (Å²) >= 11 is 1.84. The number of hydrogen-bond donors (Lipinski definition) is 1. The Balaban J connectivity index is 1.45. The van der Waals surface area contributed by atoms with Gasteiger partial charge in [0.2, 0.25) is 0 Å². The summed E-state index contributed by atoms with van der Waals surface area (Å²) in [6, 6.07) is 5.49. The first-order chi connectivity index (χ1) is 12.8. The molecule has 1 N–H and O–H groups in total. The molecule has 0 saturated carbocycles. The highest BCUT2D eigenvalue weighted by Crippen LogP contribution is 2.25. The van der Waals surface area contributed by atoms with Crippen molar-refractivity contribution in [2.75, 3.05) is 33.0 Å². The van der Waals surface area contributed by atoms with Crippen LogP contribution in [0, 0.1) is 5.92 Å². The van der Waals surface area contributed by atoms with E-state index in [0.717, 1.165) is 57.3 Å². The molecule has 2 aliphatic heterocycles. The predicted octanol–water partition coefficient (Wildman–Crippen LogP) is 2.75. The third-order valence-corrected chi connectivity index (χ3v) is 6.24. The first kappa shape index (κ1) is 17.8. The second-order valence-electron chi connectivity index (χ2n) is 6.85. The number of hydrogen-bond acceptors (Lipinski definition) is 6. The van der Waals surface area contributed by atoms with Gasteiger partial charge in [0, 0.05) is 37.1 Å². The highest BCUT2D eigenvalue weighted by Gasteiger charge is 2.17. The minimum atomic E-state index is -0.0895. The van der Waals surface area contributed by atoms with Crippen molar-refractivity contribution in [2.45, 2.75) is 30.3 Å². The number of benzene rings is 1. The van der Waals surface area contributed by atoms with Crippen molar-refractivity contribution in [1.29, 1.82) is 0 Å². The summed E-state index contributed by atoms with van der Waals surface area (Å²) in [7, 11) is 0. The maximum atomic E-state index is 12.3. The molecule has 1 atom stereocenters. The van der Waals surface area contributed by atoms with Crippen LogP contribution in [0.3, 0.4) is 0 Å². The molecule has 0 amide bonds. The fraction of sp³-hybridized carbons (Fsp3) is 0.579. The maximum absolute atomic E-state index is 12.3. The van der Waals surface area contributed by atoms with Gasteiger partial charge in [-0.1, -0.05) is 0 Å². The molecule has 1 unspecified atom stereocenters. The third kappa shape index (κ3) is 4.39. The quantitative estimate of drug-likeness (QED) is 0.836. The molecule has 0 bridgehead atoms. The molecular weight excluding hydrogens is 352 g/mol. The fourth-order valence-electron chi connectivity index (χ4n) is 3.29. The minimum absolute atomic E-state index is 0.0895. The van der Waals surface area contributed by atoms with Crippen molar-refractivity contribution in [3.63, 3.8) is 0 Å². The second-order valence-corrected chi connectivity index (χ2v) is 8.14. The van der Waals surface area contributed by atoms with E-state index in [9.17, 15) is 4.79 Å². The van der Waals surface area contributed by atoms with Crippen molar-refractivity contribution in [2.24, 2.45) is 5.92 Å². The summed E-state index contributed by atoms with van der Waals surface area (Å²) in [6.07, 6.45) is 3.16. The van der Waals surface area contributed by atoms with Crippen LogP contribution in [0.4, 0.5) is 0 Å². The van der Waals surface area contributed by atoms with Crippen molar-refractivity contribution in [3.05, 3.63) is 34.4 Å². The van der Waals surface area contributed by atoms with Crippen LogP contribution in [0.15, 0.2) is 23.0 Å². The number of aromatic nitrogens is 2. The standard InChI is InChI=1S/C19H24N2O4S/c22-19-16-2-1-14(25-11-13-3-6-24-10-13)9-17(16)20-18(21-19)12-26-15-4-7-23-8-5-15/h1-2,9,13,15H,3-8,10-12H2,(H,20,21,22). The average molecular weight is 376 g/mol. The molecule has 140 valence electrons. The number of nitrogens with one attached hydrogen (secondary N) is 1. The van der Waals surface area contributed by atoms with Crippen molar-refractivity contribution >= 4 is 22.7 Å². The van der Waals surface area contributed by atoms with Crippen LogP contribution in [-0.4, -0.2) is 48.3 Å². The van der Waals surface area contributed by atoms with Crippen LogP contribution in [0.25, 0.3) is 10.9 Å². The smallest absolute Gasteiger partial charge is 0.258 e. The second kappa shape index (κ2) is 8.41. The van der Waals surface area contributed by atoms with Gasteiger partial charge >= 0.3 is 0 Å². The third-order valence-electron chi connectivity index (χ3n) is 4.86. The maximum Gasteiger partial charge on any atom is 0.258 e. The van der Waals surface area contributed by atoms with Crippen molar-refractivity contribution in [1.82, 2.24) is 9.97 Å². The van der Waals surface area contributed by atoms with Crippen LogP contribution in [0.1, 0.15) is 25.1 Å². The molecule has 3 heterocycles. The lowest BCUT2D eigenvalue weighted by Gasteiger charge is -2.21. The zero-order valence-electron chi connectivity index (χ0n) is 14.7. The van der Waals surface area contributed by atoms with Crippen LogP contribution < -0.4 is 10.3 Å². The first-order valence-electron chi connectivity index (χ1n) is 9.21.